The average molecular weight is 330 g/mol. The maximum Gasteiger partial charge on any atom is 0.416 e. The minimum atomic E-state index is -4.39. The molecule has 3 N–H and O–H groups in total. The van der Waals surface area contributed by atoms with E-state index in [-0.39, 0.29) is 25.2 Å². The maximum atomic E-state index is 12.6. The summed E-state index contributed by atoms with van der Waals surface area (Å²) >= 11 is 0. The number of aliphatic hydroxyl groups excluding tert-OH is 1. The van der Waals surface area contributed by atoms with Crippen LogP contribution in [-0.2, 0) is 12.7 Å². The number of hydrogen-bond acceptors (Lipinski definition) is 2. The Bertz CT molecular complexity index is 526. The number of carbonyl (C=O) groups excluding carboxylic acids is 1. The fraction of sp³-hybridized carbons (Fsp3) is 0.562. The van der Waals surface area contributed by atoms with Crippen LogP contribution >= 0.6 is 0 Å². The van der Waals surface area contributed by atoms with Gasteiger partial charge in [-0.3, -0.25) is 0 Å². The van der Waals surface area contributed by atoms with E-state index in [0.717, 1.165) is 37.8 Å². The highest BCUT2D eigenvalue weighted by Gasteiger charge is 2.30. The molecule has 0 aromatic heterocycles. The number of hydrogen-bond donors (Lipinski definition) is 3. The topological polar surface area (TPSA) is 61.4 Å². The summed E-state index contributed by atoms with van der Waals surface area (Å²) in [5.74, 6) is 0.307. The summed E-state index contributed by atoms with van der Waals surface area (Å²) in [5, 5.41) is 14.5. The highest BCUT2D eigenvalue weighted by Crippen LogP contribution is 2.29. The Kier molecular flexibility index (Phi) is 5.87. The number of alkyl halides is 3. The first-order valence-corrected chi connectivity index (χ1v) is 7.70. The summed E-state index contributed by atoms with van der Waals surface area (Å²) in [6, 6.07) is 4.58. The van der Waals surface area contributed by atoms with Gasteiger partial charge in [-0.2, -0.15) is 13.2 Å². The van der Waals surface area contributed by atoms with Crippen molar-refractivity contribution in [2.24, 2.45) is 5.92 Å². The second-order valence-corrected chi connectivity index (χ2v) is 5.93. The lowest BCUT2D eigenvalue weighted by molar-refractivity contribution is -0.137. The number of aliphatic hydroxyl groups is 1. The lowest BCUT2D eigenvalue weighted by Crippen LogP contribution is -2.43. The monoisotopic (exact) mass is 330 g/mol. The van der Waals surface area contributed by atoms with E-state index in [4.69, 9.17) is 5.11 Å². The van der Waals surface area contributed by atoms with Gasteiger partial charge >= 0.3 is 12.2 Å². The number of amides is 2. The van der Waals surface area contributed by atoms with Gasteiger partial charge in [0.2, 0.25) is 0 Å². The standard InChI is InChI=1S/C16H21F3N2O2/c17-16(18,19)13-3-1-2-12(8-13)9-20-15(23)21-14-6-4-11(10-22)5-7-14/h1-3,8,11,14,22H,4-7,9-10H2,(H2,20,21,23). The van der Waals surface area contributed by atoms with Crippen molar-refractivity contribution in [1.82, 2.24) is 10.6 Å². The van der Waals surface area contributed by atoms with Crippen molar-refractivity contribution in [2.75, 3.05) is 6.61 Å². The summed E-state index contributed by atoms with van der Waals surface area (Å²) in [5.41, 5.74) is -0.321. The molecular weight excluding hydrogens is 309 g/mol. The quantitative estimate of drug-likeness (QED) is 0.794. The van der Waals surface area contributed by atoms with Gasteiger partial charge in [0.05, 0.1) is 5.56 Å². The van der Waals surface area contributed by atoms with E-state index in [1.807, 2.05) is 0 Å². The minimum absolute atomic E-state index is 0.0434. The molecule has 1 aromatic carbocycles. The Hall–Kier alpha value is -1.76. The first-order chi connectivity index (χ1) is 10.9. The van der Waals surface area contributed by atoms with E-state index in [1.54, 1.807) is 6.07 Å². The summed E-state index contributed by atoms with van der Waals surface area (Å²) in [6.07, 6.45) is -1.03. The molecule has 1 aromatic rings. The molecule has 0 aliphatic heterocycles. The van der Waals surface area contributed by atoms with Crippen LogP contribution in [0.2, 0.25) is 0 Å². The van der Waals surface area contributed by atoms with Crippen molar-refractivity contribution in [3.05, 3.63) is 35.4 Å². The summed E-state index contributed by atoms with van der Waals surface area (Å²) in [7, 11) is 0. The van der Waals surface area contributed by atoms with Crippen molar-refractivity contribution < 1.29 is 23.1 Å². The van der Waals surface area contributed by atoms with E-state index in [9.17, 15) is 18.0 Å². The minimum Gasteiger partial charge on any atom is -0.396 e. The molecule has 0 heterocycles. The van der Waals surface area contributed by atoms with Gasteiger partial charge in [0, 0.05) is 19.2 Å². The molecule has 0 bridgehead atoms. The van der Waals surface area contributed by atoms with Crippen LogP contribution in [0.1, 0.15) is 36.8 Å². The Labute approximate surface area is 133 Å². The van der Waals surface area contributed by atoms with Crippen LogP contribution < -0.4 is 10.6 Å². The van der Waals surface area contributed by atoms with Crippen molar-refractivity contribution in [3.8, 4) is 0 Å². The second-order valence-electron chi connectivity index (χ2n) is 5.93. The Morgan fingerprint density at radius 2 is 1.91 bits per heavy atom. The van der Waals surface area contributed by atoms with Crippen molar-refractivity contribution in [3.63, 3.8) is 0 Å². The Morgan fingerprint density at radius 1 is 1.22 bits per heavy atom. The second kappa shape index (κ2) is 7.68. The summed E-state index contributed by atoms with van der Waals surface area (Å²) in [4.78, 5) is 11.8. The molecule has 23 heavy (non-hydrogen) atoms. The zero-order valence-electron chi connectivity index (χ0n) is 12.7. The van der Waals surface area contributed by atoms with Crippen LogP contribution in [0.4, 0.5) is 18.0 Å². The van der Waals surface area contributed by atoms with Crippen LogP contribution in [-0.4, -0.2) is 23.8 Å². The largest absolute Gasteiger partial charge is 0.416 e. The first kappa shape index (κ1) is 17.6. The number of benzene rings is 1. The van der Waals surface area contributed by atoms with Crippen molar-refractivity contribution >= 4 is 6.03 Å². The smallest absolute Gasteiger partial charge is 0.396 e. The highest BCUT2D eigenvalue weighted by molar-refractivity contribution is 5.74. The lowest BCUT2D eigenvalue weighted by atomic mass is 9.87. The molecule has 2 rings (SSSR count). The van der Waals surface area contributed by atoms with Crippen molar-refractivity contribution in [2.45, 2.75) is 44.4 Å². The van der Waals surface area contributed by atoms with Gasteiger partial charge in [0.25, 0.3) is 0 Å². The van der Waals surface area contributed by atoms with Crippen molar-refractivity contribution in [1.29, 1.82) is 0 Å². The SMILES string of the molecule is O=C(NCc1cccc(C(F)(F)F)c1)NC1CCC(CO)CC1. The number of rotatable bonds is 4. The maximum absolute atomic E-state index is 12.6. The third-order valence-corrected chi connectivity index (χ3v) is 4.15. The van der Waals surface area contributed by atoms with Gasteiger partial charge in [-0.05, 0) is 49.3 Å². The number of urea groups is 1. The molecule has 1 saturated carbocycles. The van der Waals surface area contributed by atoms with Crippen LogP contribution in [0.3, 0.4) is 0 Å². The fourth-order valence-electron chi connectivity index (χ4n) is 2.77. The first-order valence-electron chi connectivity index (χ1n) is 7.70. The van der Waals surface area contributed by atoms with E-state index in [0.29, 0.717) is 11.5 Å². The zero-order valence-corrected chi connectivity index (χ0v) is 12.7. The predicted molar refractivity (Wildman–Crippen MR) is 79.6 cm³/mol. The van der Waals surface area contributed by atoms with Gasteiger partial charge in [0.1, 0.15) is 0 Å². The number of carbonyl (C=O) groups is 1. The highest BCUT2D eigenvalue weighted by atomic mass is 19.4. The lowest BCUT2D eigenvalue weighted by Gasteiger charge is -2.27. The zero-order chi connectivity index (χ0) is 16.9. The van der Waals surface area contributed by atoms with Crippen LogP contribution in [0, 0.1) is 5.92 Å². The van der Waals surface area contributed by atoms with Gasteiger partial charge in [-0.1, -0.05) is 12.1 Å². The number of nitrogens with one attached hydrogen (secondary N) is 2. The van der Waals surface area contributed by atoms with E-state index in [1.165, 1.54) is 6.07 Å². The molecule has 4 nitrogen and oxygen atoms in total. The molecule has 7 heteroatoms. The molecule has 1 aliphatic carbocycles. The molecule has 1 fully saturated rings. The molecule has 0 spiro atoms. The van der Waals surface area contributed by atoms with Crippen LogP contribution in [0.15, 0.2) is 24.3 Å². The molecule has 0 saturated heterocycles. The molecule has 1 aliphatic rings. The van der Waals surface area contributed by atoms with Crippen LogP contribution in [0.5, 0.6) is 0 Å². The average Bonchev–Trinajstić information content (AvgIpc) is 2.53. The Balaban J connectivity index is 1.79. The van der Waals surface area contributed by atoms with Gasteiger partial charge in [-0.25, -0.2) is 4.79 Å². The summed E-state index contributed by atoms with van der Waals surface area (Å²) < 4.78 is 37.9. The van der Waals surface area contributed by atoms with Gasteiger partial charge < -0.3 is 15.7 Å². The van der Waals surface area contributed by atoms with E-state index in [2.05, 4.69) is 10.6 Å². The normalized spacial score (nSPS) is 21.7. The molecule has 0 unspecified atom stereocenters. The predicted octanol–water partition coefficient (Wildman–Crippen LogP) is 3.06. The van der Waals surface area contributed by atoms with Crippen LogP contribution in [0.25, 0.3) is 0 Å². The Morgan fingerprint density at radius 3 is 2.52 bits per heavy atom. The molecule has 128 valence electrons. The number of halogens is 3. The van der Waals surface area contributed by atoms with Gasteiger partial charge in [-0.15, -0.1) is 0 Å². The van der Waals surface area contributed by atoms with E-state index < -0.39 is 11.7 Å². The molecular formula is C16H21F3N2O2. The summed E-state index contributed by atoms with van der Waals surface area (Å²) in [6.45, 7) is 0.218. The third kappa shape index (κ3) is 5.42. The molecule has 0 radical (unpaired) electrons. The molecule has 0 atom stereocenters. The van der Waals surface area contributed by atoms with E-state index >= 15 is 0 Å². The molecule has 2 amide bonds. The van der Waals surface area contributed by atoms with Gasteiger partial charge in [0.15, 0.2) is 0 Å². The third-order valence-electron chi connectivity index (χ3n) is 4.15. The fourth-order valence-corrected chi connectivity index (χ4v) is 2.77.